The summed E-state index contributed by atoms with van der Waals surface area (Å²) in [6.07, 6.45) is 4.65. The summed E-state index contributed by atoms with van der Waals surface area (Å²) in [5.41, 5.74) is 0.0478. The molecule has 1 rings (SSSR count). The minimum absolute atomic E-state index is 0.239. The number of nitrogens with zero attached hydrogens (tertiary/aromatic N) is 1. The second-order valence-electron chi connectivity index (χ2n) is 3.21. The predicted molar refractivity (Wildman–Crippen MR) is 61.0 cm³/mol. The van der Waals surface area contributed by atoms with Crippen LogP contribution in [0, 0.1) is 15.9 Å². The van der Waals surface area contributed by atoms with E-state index in [0.717, 1.165) is 12.5 Å². The summed E-state index contributed by atoms with van der Waals surface area (Å²) in [6, 6.07) is 3.57. The average Bonchev–Trinajstić information content (AvgIpc) is 2.26. The van der Waals surface area contributed by atoms with Gasteiger partial charge in [0.25, 0.3) is 5.69 Å². The maximum Gasteiger partial charge on any atom is 0.272 e. The van der Waals surface area contributed by atoms with E-state index in [9.17, 15) is 14.5 Å². The first-order chi connectivity index (χ1) is 7.65. The van der Waals surface area contributed by atoms with Crippen LogP contribution in [0.25, 0.3) is 0 Å². The van der Waals surface area contributed by atoms with Gasteiger partial charge < -0.3 is 5.32 Å². The lowest BCUT2D eigenvalue weighted by atomic mass is 10.2. The smallest absolute Gasteiger partial charge is 0.272 e. The van der Waals surface area contributed by atoms with Gasteiger partial charge in [-0.3, -0.25) is 10.1 Å². The summed E-state index contributed by atoms with van der Waals surface area (Å²) < 4.78 is 13.3. The van der Waals surface area contributed by atoms with E-state index in [2.05, 4.69) is 5.32 Å². The normalized spacial score (nSPS) is 10.6. The SMILES string of the molecule is C/C=C/CCNc1ccc([N+](=O)[O-])cc1F. The van der Waals surface area contributed by atoms with Crippen LogP contribution in [0.2, 0.25) is 0 Å². The van der Waals surface area contributed by atoms with Gasteiger partial charge in [-0.2, -0.15) is 0 Å². The Kier molecular flexibility index (Phi) is 4.44. The van der Waals surface area contributed by atoms with Crippen LogP contribution in [0.4, 0.5) is 15.8 Å². The van der Waals surface area contributed by atoms with Gasteiger partial charge in [-0.15, -0.1) is 0 Å². The Hall–Kier alpha value is -1.91. The van der Waals surface area contributed by atoms with Crippen molar-refractivity contribution in [1.29, 1.82) is 0 Å². The van der Waals surface area contributed by atoms with Crippen molar-refractivity contribution in [2.45, 2.75) is 13.3 Å². The molecule has 0 amide bonds. The number of nitrogens with one attached hydrogen (secondary N) is 1. The Morgan fingerprint density at radius 2 is 2.31 bits per heavy atom. The molecule has 1 aromatic carbocycles. The van der Waals surface area contributed by atoms with E-state index in [4.69, 9.17) is 0 Å². The van der Waals surface area contributed by atoms with Crippen LogP contribution in [0.15, 0.2) is 30.4 Å². The van der Waals surface area contributed by atoms with E-state index in [-0.39, 0.29) is 11.4 Å². The number of non-ortho nitro benzene ring substituents is 1. The lowest BCUT2D eigenvalue weighted by Gasteiger charge is -2.05. The van der Waals surface area contributed by atoms with Crippen molar-refractivity contribution in [1.82, 2.24) is 0 Å². The van der Waals surface area contributed by atoms with E-state index >= 15 is 0 Å². The van der Waals surface area contributed by atoms with Gasteiger partial charge in [-0.1, -0.05) is 12.2 Å². The summed E-state index contributed by atoms with van der Waals surface area (Å²) in [5, 5.41) is 13.2. The van der Waals surface area contributed by atoms with E-state index in [1.165, 1.54) is 12.1 Å². The molecule has 0 aliphatic heterocycles. The van der Waals surface area contributed by atoms with Crippen LogP contribution in [-0.4, -0.2) is 11.5 Å². The summed E-state index contributed by atoms with van der Waals surface area (Å²) >= 11 is 0. The molecule has 1 N–H and O–H groups in total. The molecule has 16 heavy (non-hydrogen) atoms. The van der Waals surface area contributed by atoms with Crippen LogP contribution in [-0.2, 0) is 0 Å². The molecule has 0 unspecified atom stereocenters. The molecule has 0 aliphatic carbocycles. The average molecular weight is 224 g/mol. The zero-order valence-corrected chi connectivity index (χ0v) is 8.94. The number of allylic oxidation sites excluding steroid dienone is 1. The number of nitro groups is 1. The molecule has 0 aromatic heterocycles. The first-order valence-corrected chi connectivity index (χ1v) is 4.94. The molecule has 0 atom stereocenters. The van der Waals surface area contributed by atoms with Crippen molar-refractivity contribution < 1.29 is 9.31 Å². The largest absolute Gasteiger partial charge is 0.382 e. The Bertz CT molecular complexity index is 405. The van der Waals surface area contributed by atoms with E-state index in [0.29, 0.717) is 6.54 Å². The lowest BCUT2D eigenvalue weighted by Crippen LogP contribution is -2.02. The van der Waals surface area contributed by atoms with Crippen molar-refractivity contribution in [2.24, 2.45) is 0 Å². The fourth-order valence-corrected chi connectivity index (χ4v) is 1.22. The van der Waals surface area contributed by atoms with Gasteiger partial charge in [0, 0.05) is 12.6 Å². The summed E-state index contributed by atoms with van der Waals surface area (Å²) in [5.74, 6) is -0.602. The minimum atomic E-state index is -0.618. The lowest BCUT2D eigenvalue weighted by molar-refractivity contribution is -0.385. The number of hydrogen-bond donors (Lipinski definition) is 1. The maximum absolute atomic E-state index is 13.3. The van der Waals surface area contributed by atoms with Crippen LogP contribution >= 0.6 is 0 Å². The quantitative estimate of drug-likeness (QED) is 0.362. The zero-order chi connectivity index (χ0) is 12.0. The van der Waals surface area contributed by atoms with Gasteiger partial charge in [0.1, 0.15) is 0 Å². The second-order valence-corrected chi connectivity index (χ2v) is 3.21. The maximum atomic E-state index is 13.3. The minimum Gasteiger partial charge on any atom is -0.382 e. The molecular formula is C11H13FN2O2. The fraction of sp³-hybridized carbons (Fsp3) is 0.273. The van der Waals surface area contributed by atoms with Crippen LogP contribution in [0.5, 0.6) is 0 Å². The van der Waals surface area contributed by atoms with Gasteiger partial charge in [0.15, 0.2) is 5.82 Å². The van der Waals surface area contributed by atoms with Crippen molar-refractivity contribution in [3.8, 4) is 0 Å². The van der Waals surface area contributed by atoms with Crippen molar-refractivity contribution in [2.75, 3.05) is 11.9 Å². The summed E-state index contributed by atoms with van der Waals surface area (Å²) in [7, 11) is 0. The van der Waals surface area contributed by atoms with Crippen LogP contribution < -0.4 is 5.32 Å². The molecule has 86 valence electrons. The highest BCUT2D eigenvalue weighted by Gasteiger charge is 2.09. The molecule has 0 saturated heterocycles. The second kappa shape index (κ2) is 5.85. The molecular weight excluding hydrogens is 211 g/mol. The Morgan fingerprint density at radius 3 is 2.88 bits per heavy atom. The molecule has 0 heterocycles. The predicted octanol–water partition coefficient (Wildman–Crippen LogP) is 3.11. The Morgan fingerprint density at radius 1 is 1.56 bits per heavy atom. The molecule has 0 saturated carbocycles. The van der Waals surface area contributed by atoms with E-state index in [1.807, 2.05) is 19.1 Å². The van der Waals surface area contributed by atoms with E-state index < -0.39 is 10.7 Å². The van der Waals surface area contributed by atoms with Crippen molar-refractivity contribution in [3.63, 3.8) is 0 Å². The molecule has 5 heteroatoms. The topological polar surface area (TPSA) is 55.2 Å². The van der Waals surface area contributed by atoms with Gasteiger partial charge in [-0.25, -0.2) is 4.39 Å². The van der Waals surface area contributed by atoms with Crippen LogP contribution in [0.3, 0.4) is 0 Å². The summed E-state index contributed by atoms with van der Waals surface area (Å²) in [4.78, 5) is 9.75. The highest BCUT2D eigenvalue weighted by Crippen LogP contribution is 2.20. The molecule has 4 nitrogen and oxygen atoms in total. The highest BCUT2D eigenvalue weighted by molar-refractivity contribution is 5.50. The van der Waals surface area contributed by atoms with Crippen molar-refractivity contribution in [3.05, 3.63) is 46.3 Å². The number of benzene rings is 1. The number of anilines is 1. The molecule has 0 spiro atoms. The van der Waals surface area contributed by atoms with Gasteiger partial charge >= 0.3 is 0 Å². The van der Waals surface area contributed by atoms with Gasteiger partial charge in [-0.05, 0) is 19.4 Å². The third-order valence-corrected chi connectivity index (χ3v) is 2.03. The van der Waals surface area contributed by atoms with E-state index in [1.54, 1.807) is 0 Å². The zero-order valence-electron chi connectivity index (χ0n) is 8.94. The molecule has 1 aromatic rings. The first kappa shape index (κ1) is 12.2. The van der Waals surface area contributed by atoms with Crippen molar-refractivity contribution >= 4 is 11.4 Å². The summed E-state index contributed by atoms with van der Waals surface area (Å²) in [6.45, 7) is 2.51. The Labute approximate surface area is 92.9 Å². The van der Waals surface area contributed by atoms with Crippen LogP contribution in [0.1, 0.15) is 13.3 Å². The number of halogens is 1. The molecule has 0 bridgehead atoms. The Balaban J connectivity index is 2.64. The number of hydrogen-bond acceptors (Lipinski definition) is 3. The fourth-order valence-electron chi connectivity index (χ4n) is 1.22. The number of nitro benzene ring substituents is 1. The molecule has 0 fully saturated rings. The first-order valence-electron chi connectivity index (χ1n) is 4.94. The number of rotatable bonds is 5. The monoisotopic (exact) mass is 224 g/mol. The van der Waals surface area contributed by atoms with Gasteiger partial charge in [0.2, 0.25) is 0 Å². The molecule has 0 aliphatic rings. The third-order valence-electron chi connectivity index (χ3n) is 2.03. The van der Waals surface area contributed by atoms with Gasteiger partial charge in [0.05, 0.1) is 16.7 Å². The molecule has 0 radical (unpaired) electrons. The third kappa shape index (κ3) is 3.34. The standard InChI is InChI=1S/C11H13FN2O2/c1-2-3-4-7-13-11-6-5-9(14(15)16)8-10(11)12/h2-3,5-6,8,13H,4,7H2,1H3/b3-2+. The highest BCUT2D eigenvalue weighted by atomic mass is 19.1.